The molecular formula is C29H30N4O4. The number of alkyl carbamates (subject to hydrolysis) is 1. The Morgan fingerprint density at radius 3 is 2.32 bits per heavy atom. The fourth-order valence-electron chi connectivity index (χ4n) is 4.75. The average molecular weight is 499 g/mol. The summed E-state index contributed by atoms with van der Waals surface area (Å²) in [5.41, 5.74) is 2.06. The van der Waals surface area contributed by atoms with Crippen molar-refractivity contribution in [3.8, 4) is 11.6 Å². The number of methoxy groups -OCH3 is 1. The Labute approximate surface area is 215 Å². The standard InChI is InChI=1S/C29H30N4O4/c1-36-23-12-13-24-25(18-23)31-27(32-26(24)34)33-16-14-29(15-17-33,19-21-8-4-2-5-9-21)37-28(35)30-20-22-10-6-3-7-11-22/h2-13,18H,14-17,19-20H2,1H3,(H,30,35)(H,31,32,34). The Kier molecular flexibility index (Phi) is 7.07. The predicted octanol–water partition coefficient (Wildman–Crippen LogP) is 4.85. The van der Waals surface area contributed by atoms with Crippen LogP contribution in [0.15, 0.2) is 78.9 Å². The number of ether oxygens (including phenoxy) is 2. The highest BCUT2D eigenvalue weighted by atomic mass is 16.6. The van der Waals surface area contributed by atoms with Crippen LogP contribution in [0.2, 0.25) is 0 Å². The van der Waals surface area contributed by atoms with Gasteiger partial charge in [0, 0.05) is 45.0 Å². The molecule has 1 amide bonds. The minimum absolute atomic E-state index is 0.0692. The van der Waals surface area contributed by atoms with Crippen molar-refractivity contribution >= 4 is 22.9 Å². The van der Waals surface area contributed by atoms with Crippen LogP contribution >= 0.6 is 0 Å². The number of aromatic hydroxyl groups is 1. The van der Waals surface area contributed by atoms with E-state index in [0.717, 1.165) is 11.1 Å². The maximum absolute atomic E-state index is 12.9. The van der Waals surface area contributed by atoms with Gasteiger partial charge in [0.05, 0.1) is 18.0 Å². The zero-order valence-electron chi connectivity index (χ0n) is 20.8. The van der Waals surface area contributed by atoms with Crippen LogP contribution in [0.4, 0.5) is 10.7 Å². The normalized spacial score (nSPS) is 14.8. The zero-order chi connectivity index (χ0) is 25.7. The third-order valence-corrected chi connectivity index (χ3v) is 6.79. The number of hydrogen-bond acceptors (Lipinski definition) is 7. The lowest BCUT2D eigenvalue weighted by molar-refractivity contribution is -0.00745. The smallest absolute Gasteiger partial charge is 0.407 e. The first-order valence-corrected chi connectivity index (χ1v) is 12.4. The molecule has 1 aliphatic heterocycles. The van der Waals surface area contributed by atoms with Gasteiger partial charge in [0.1, 0.15) is 11.4 Å². The maximum atomic E-state index is 12.9. The number of benzene rings is 3. The Morgan fingerprint density at radius 2 is 1.65 bits per heavy atom. The molecule has 0 unspecified atom stereocenters. The molecule has 1 fully saturated rings. The van der Waals surface area contributed by atoms with Crippen molar-refractivity contribution in [1.82, 2.24) is 15.3 Å². The molecule has 1 saturated heterocycles. The summed E-state index contributed by atoms with van der Waals surface area (Å²) in [7, 11) is 1.59. The summed E-state index contributed by atoms with van der Waals surface area (Å²) in [4.78, 5) is 23.9. The summed E-state index contributed by atoms with van der Waals surface area (Å²) in [5.74, 6) is 1.03. The Bertz CT molecular complexity index is 1360. The minimum Gasteiger partial charge on any atom is -0.497 e. The highest BCUT2D eigenvalue weighted by molar-refractivity contribution is 5.85. The first-order valence-electron chi connectivity index (χ1n) is 12.4. The van der Waals surface area contributed by atoms with Gasteiger partial charge in [0.2, 0.25) is 11.8 Å². The molecule has 3 aromatic carbocycles. The Balaban J connectivity index is 1.32. The molecular weight excluding hydrogens is 468 g/mol. The molecule has 37 heavy (non-hydrogen) atoms. The molecule has 0 bridgehead atoms. The van der Waals surface area contributed by atoms with Crippen LogP contribution in [-0.4, -0.2) is 47.0 Å². The zero-order valence-corrected chi connectivity index (χ0v) is 20.8. The van der Waals surface area contributed by atoms with Crippen molar-refractivity contribution in [2.24, 2.45) is 0 Å². The van der Waals surface area contributed by atoms with Crippen molar-refractivity contribution in [2.45, 2.75) is 31.4 Å². The molecule has 2 N–H and O–H groups in total. The van der Waals surface area contributed by atoms with E-state index in [1.54, 1.807) is 25.3 Å². The van der Waals surface area contributed by atoms with Crippen LogP contribution < -0.4 is 15.0 Å². The van der Waals surface area contributed by atoms with Gasteiger partial charge in [-0.05, 0) is 23.3 Å². The lowest BCUT2D eigenvalue weighted by Gasteiger charge is -2.41. The van der Waals surface area contributed by atoms with Gasteiger partial charge in [-0.2, -0.15) is 4.98 Å². The second-order valence-electron chi connectivity index (χ2n) is 9.29. The second-order valence-corrected chi connectivity index (χ2v) is 9.29. The van der Waals surface area contributed by atoms with E-state index in [4.69, 9.17) is 9.47 Å². The molecule has 4 aromatic rings. The van der Waals surface area contributed by atoms with Gasteiger partial charge in [-0.3, -0.25) is 0 Å². The van der Waals surface area contributed by atoms with Gasteiger partial charge in [-0.15, -0.1) is 0 Å². The maximum Gasteiger partial charge on any atom is 0.407 e. The van der Waals surface area contributed by atoms with Gasteiger partial charge in [-0.1, -0.05) is 60.7 Å². The molecule has 1 aliphatic rings. The number of carbonyl (C=O) groups is 1. The minimum atomic E-state index is -0.666. The number of rotatable bonds is 7. The third kappa shape index (κ3) is 5.74. The van der Waals surface area contributed by atoms with Gasteiger partial charge < -0.3 is 24.8 Å². The number of carbonyl (C=O) groups excluding carboxylic acids is 1. The summed E-state index contributed by atoms with van der Waals surface area (Å²) < 4.78 is 11.4. The number of fused-ring (bicyclic) bond motifs is 1. The highest BCUT2D eigenvalue weighted by Crippen LogP contribution is 2.34. The monoisotopic (exact) mass is 498 g/mol. The van der Waals surface area contributed by atoms with Crippen LogP contribution in [0.1, 0.15) is 24.0 Å². The summed E-state index contributed by atoms with van der Waals surface area (Å²) in [6.07, 6.45) is 1.38. The van der Waals surface area contributed by atoms with Crippen molar-refractivity contribution < 1.29 is 19.4 Å². The molecule has 0 spiro atoms. The molecule has 5 rings (SSSR count). The molecule has 0 saturated carbocycles. The number of piperidine rings is 1. The fourth-order valence-corrected chi connectivity index (χ4v) is 4.75. The van der Waals surface area contributed by atoms with Gasteiger partial charge in [-0.25, -0.2) is 9.78 Å². The molecule has 0 aliphatic carbocycles. The van der Waals surface area contributed by atoms with E-state index in [1.165, 1.54) is 0 Å². The van der Waals surface area contributed by atoms with E-state index in [-0.39, 0.29) is 5.88 Å². The lowest BCUT2D eigenvalue weighted by atomic mass is 9.85. The SMILES string of the molecule is COc1ccc2c(O)nc(N3CCC(Cc4ccccc4)(OC(=O)NCc4ccccc4)CC3)nc2c1. The van der Waals surface area contributed by atoms with Crippen molar-refractivity contribution in [1.29, 1.82) is 0 Å². The van der Waals surface area contributed by atoms with E-state index >= 15 is 0 Å². The first kappa shape index (κ1) is 24.4. The first-order chi connectivity index (χ1) is 18.0. The topological polar surface area (TPSA) is 96.8 Å². The van der Waals surface area contributed by atoms with Crippen molar-refractivity contribution in [3.63, 3.8) is 0 Å². The Hall–Kier alpha value is -4.33. The van der Waals surface area contributed by atoms with E-state index in [2.05, 4.69) is 27.4 Å². The van der Waals surface area contributed by atoms with Crippen LogP contribution in [0.3, 0.4) is 0 Å². The molecule has 0 radical (unpaired) electrons. The summed E-state index contributed by atoms with van der Waals surface area (Å²) in [6, 6.07) is 25.1. The number of anilines is 1. The number of nitrogens with one attached hydrogen (secondary N) is 1. The van der Waals surface area contributed by atoms with E-state index < -0.39 is 11.7 Å². The summed E-state index contributed by atoms with van der Waals surface area (Å²) >= 11 is 0. The van der Waals surface area contributed by atoms with E-state index in [1.807, 2.05) is 53.4 Å². The summed E-state index contributed by atoms with van der Waals surface area (Å²) in [5, 5.41) is 14.0. The second kappa shape index (κ2) is 10.7. The molecule has 8 heteroatoms. The quantitative estimate of drug-likeness (QED) is 0.376. The largest absolute Gasteiger partial charge is 0.497 e. The van der Waals surface area contributed by atoms with Crippen molar-refractivity contribution in [3.05, 3.63) is 90.0 Å². The highest BCUT2D eigenvalue weighted by Gasteiger charge is 2.39. The molecule has 0 atom stereocenters. The van der Waals surface area contributed by atoms with Crippen LogP contribution in [0.25, 0.3) is 10.9 Å². The van der Waals surface area contributed by atoms with Crippen LogP contribution in [0, 0.1) is 0 Å². The van der Waals surface area contributed by atoms with E-state index in [9.17, 15) is 9.90 Å². The molecule has 1 aromatic heterocycles. The Morgan fingerprint density at radius 1 is 0.973 bits per heavy atom. The van der Waals surface area contributed by atoms with Gasteiger partial charge in [0.15, 0.2) is 0 Å². The van der Waals surface area contributed by atoms with E-state index in [0.29, 0.717) is 61.5 Å². The number of nitrogens with zero attached hydrogens (tertiary/aromatic N) is 3. The number of hydrogen-bond donors (Lipinski definition) is 2. The number of amides is 1. The van der Waals surface area contributed by atoms with Gasteiger partial charge in [0.25, 0.3) is 0 Å². The third-order valence-electron chi connectivity index (χ3n) is 6.79. The molecule has 190 valence electrons. The lowest BCUT2D eigenvalue weighted by Crippen LogP contribution is -2.50. The fraction of sp³-hybridized carbons (Fsp3) is 0.276. The van der Waals surface area contributed by atoms with Crippen molar-refractivity contribution in [2.75, 3.05) is 25.1 Å². The predicted molar refractivity (Wildman–Crippen MR) is 142 cm³/mol. The molecule has 8 nitrogen and oxygen atoms in total. The average Bonchev–Trinajstić information content (AvgIpc) is 2.93. The number of aromatic nitrogens is 2. The molecule has 2 heterocycles. The summed E-state index contributed by atoms with van der Waals surface area (Å²) in [6.45, 7) is 1.56. The van der Waals surface area contributed by atoms with Gasteiger partial charge >= 0.3 is 6.09 Å². The van der Waals surface area contributed by atoms with Crippen LogP contribution in [0.5, 0.6) is 11.6 Å². The van der Waals surface area contributed by atoms with Crippen LogP contribution in [-0.2, 0) is 17.7 Å².